The molecule has 2 heterocycles. The van der Waals surface area contributed by atoms with Crippen LogP contribution in [0.4, 0.5) is 5.69 Å². The summed E-state index contributed by atoms with van der Waals surface area (Å²) in [7, 11) is 0. The van der Waals surface area contributed by atoms with Crippen LogP contribution in [0.15, 0.2) is 54.2 Å². The van der Waals surface area contributed by atoms with Crippen LogP contribution in [0.25, 0.3) is 5.57 Å². The minimum absolute atomic E-state index is 0.0609. The van der Waals surface area contributed by atoms with Crippen molar-refractivity contribution in [3.8, 4) is 11.5 Å². The van der Waals surface area contributed by atoms with Gasteiger partial charge in [-0.3, -0.25) is 9.59 Å². The van der Waals surface area contributed by atoms with Gasteiger partial charge >= 0.3 is 0 Å². The van der Waals surface area contributed by atoms with Gasteiger partial charge in [0.15, 0.2) is 0 Å². The molecule has 2 aliphatic rings. The highest BCUT2D eigenvalue weighted by atomic mass is 16.5. The summed E-state index contributed by atoms with van der Waals surface area (Å²) in [5.41, 5.74) is 2.23. The molecule has 2 aromatic carbocycles. The Morgan fingerprint density at radius 2 is 1.52 bits per heavy atom. The van der Waals surface area contributed by atoms with Crippen LogP contribution in [0, 0.1) is 5.92 Å². The maximum Gasteiger partial charge on any atom is 0.282 e. The molecule has 1 fully saturated rings. The number of hydrogen-bond donors (Lipinski definition) is 0. The molecule has 33 heavy (non-hydrogen) atoms. The van der Waals surface area contributed by atoms with Gasteiger partial charge in [0.25, 0.3) is 11.8 Å². The summed E-state index contributed by atoms with van der Waals surface area (Å²) in [4.78, 5) is 30.7. The Kier molecular flexibility index (Phi) is 6.72. The Morgan fingerprint density at radius 1 is 0.909 bits per heavy atom. The quantitative estimate of drug-likeness (QED) is 0.565. The van der Waals surface area contributed by atoms with Crippen molar-refractivity contribution in [2.24, 2.45) is 5.92 Å². The number of rotatable bonds is 7. The van der Waals surface area contributed by atoms with Gasteiger partial charge in [-0.25, -0.2) is 4.90 Å². The van der Waals surface area contributed by atoms with Crippen molar-refractivity contribution >= 4 is 23.1 Å². The van der Waals surface area contributed by atoms with Crippen LogP contribution in [0.1, 0.15) is 46.1 Å². The fourth-order valence-electron chi connectivity index (χ4n) is 4.37. The number of hydrogen-bond acceptors (Lipinski definition) is 5. The third-order valence-electron chi connectivity index (χ3n) is 6.08. The van der Waals surface area contributed by atoms with Gasteiger partial charge in [-0.05, 0) is 81.5 Å². The van der Waals surface area contributed by atoms with Gasteiger partial charge in [-0.15, -0.1) is 0 Å². The summed E-state index contributed by atoms with van der Waals surface area (Å²) < 4.78 is 11.3. The monoisotopic (exact) mass is 448 g/mol. The molecule has 4 rings (SSSR count). The zero-order valence-corrected chi connectivity index (χ0v) is 19.8. The first-order valence-corrected chi connectivity index (χ1v) is 11.8. The Balaban J connectivity index is 1.71. The van der Waals surface area contributed by atoms with E-state index in [1.54, 1.807) is 24.3 Å². The van der Waals surface area contributed by atoms with Gasteiger partial charge in [0.2, 0.25) is 0 Å². The maximum absolute atomic E-state index is 13.7. The summed E-state index contributed by atoms with van der Waals surface area (Å²) in [5.74, 6) is 1.50. The molecule has 0 radical (unpaired) electrons. The van der Waals surface area contributed by atoms with E-state index in [2.05, 4.69) is 11.8 Å². The average Bonchev–Trinajstić information content (AvgIpc) is 3.05. The van der Waals surface area contributed by atoms with Crippen molar-refractivity contribution in [1.29, 1.82) is 0 Å². The molecule has 0 N–H and O–H groups in total. The molecule has 6 nitrogen and oxygen atoms in total. The van der Waals surface area contributed by atoms with Crippen molar-refractivity contribution in [1.82, 2.24) is 4.90 Å². The third kappa shape index (κ3) is 4.75. The molecular weight excluding hydrogens is 416 g/mol. The van der Waals surface area contributed by atoms with Crippen LogP contribution in [0.5, 0.6) is 11.5 Å². The Hall–Kier alpha value is -3.28. The van der Waals surface area contributed by atoms with Crippen LogP contribution in [0.3, 0.4) is 0 Å². The van der Waals surface area contributed by atoms with E-state index in [-0.39, 0.29) is 17.9 Å². The highest BCUT2D eigenvalue weighted by Crippen LogP contribution is 2.37. The van der Waals surface area contributed by atoms with E-state index in [4.69, 9.17) is 9.47 Å². The summed E-state index contributed by atoms with van der Waals surface area (Å²) in [6.07, 6.45) is 2.07. The van der Waals surface area contributed by atoms with Gasteiger partial charge < -0.3 is 14.4 Å². The summed E-state index contributed by atoms with van der Waals surface area (Å²) in [6, 6.07) is 14.6. The minimum Gasteiger partial charge on any atom is -0.494 e. The van der Waals surface area contributed by atoms with E-state index in [1.165, 1.54) is 4.90 Å². The minimum atomic E-state index is -0.296. The van der Waals surface area contributed by atoms with Crippen LogP contribution >= 0.6 is 0 Å². The fraction of sp³-hybridized carbons (Fsp3) is 0.407. The zero-order chi connectivity index (χ0) is 23.5. The van der Waals surface area contributed by atoms with Crippen molar-refractivity contribution in [3.05, 3.63) is 59.8 Å². The van der Waals surface area contributed by atoms with Crippen LogP contribution in [-0.4, -0.2) is 42.5 Å². The van der Waals surface area contributed by atoms with Crippen LogP contribution in [0.2, 0.25) is 0 Å². The number of nitrogens with zero attached hydrogens (tertiary/aromatic N) is 2. The number of carbonyl (C=O) groups excluding carboxylic acids is 2. The molecule has 0 spiro atoms. The van der Waals surface area contributed by atoms with Crippen molar-refractivity contribution in [2.45, 2.75) is 46.6 Å². The molecule has 0 saturated carbocycles. The second-order valence-corrected chi connectivity index (χ2v) is 8.96. The van der Waals surface area contributed by atoms with E-state index >= 15 is 0 Å². The summed E-state index contributed by atoms with van der Waals surface area (Å²) >= 11 is 0. The van der Waals surface area contributed by atoms with Crippen molar-refractivity contribution < 1.29 is 19.1 Å². The van der Waals surface area contributed by atoms with Gasteiger partial charge in [0.05, 0.1) is 24.0 Å². The number of ether oxygens (including phenoxy) is 2. The first kappa shape index (κ1) is 22.9. The molecule has 174 valence electrons. The first-order valence-electron chi connectivity index (χ1n) is 11.8. The third-order valence-corrected chi connectivity index (χ3v) is 6.08. The number of imide groups is 1. The molecule has 6 heteroatoms. The van der Waals surface area contributed by atoms with Gasteiger partial charge in [0, 0.05) is 13.1 Å². The lowest BCUT2D eigenvalue weighted by atomic mass is 9.97. The maximum atomic E-state index is 13.7. The molecule has 1 saturated heterocycles. The largest absolute Gasteiger partial charge is 0.494 e. The number of piperidine rings is 1. The number of anilines is 1. The molecule has 2 amide bonds. The second kappa shape index (κ2) is 9.69. The highest BCUT2D eigenvalue weighted by molar-refractivity contribution is 6.45. The Morgan fingerprint density at radius 3 is 2.09 bits per heavy atom. The van der Waals surface area contributed by atoms with Gasteiger partial charge in [-0.1, -0.05) is 19.1 Å². The predicted molar refractivity (Wildman–Crippen MR) is 129 cm³/mol. The predicted octanol–water partition coefficient (Wildman–Crippen LogP) is 4.89. The van der Waals surface area contributed by atoms with E-state index in [9.17, 15) is 9.59 Å². The molecule has 0 bridgehead atoms. The van der Waals surface area contributed by atoms with Crippen molar-refractivity contribution in [3.63, 3.8) is 0 Å². The molecule has 2 aliphatic heterocycles. The Bertz CT molecular complexity index is 1030. The fourth-order valence-corrected chi connectivity index (χ4v) is 4.37. The van der Waals surface area contributed by atoms with E-state index in [1.807, 2.05) is 45.0 Å². The smallest absolute Gasteiger partial charge is 0.282 e. The lowest BCUT2D eigenvalue weighted by molar-refractivity contribution is -0.120. The van der Waals surface area contributed by atoms with E-state index in [0.717, 1.165) is 37.2 Å². The lowest BCUT2D eigenvalue weighted by Gasteiger charge is -2.32. The molecule has 0 atom stereocenters. The molecule has 0 aliphatic carbocycles. The van der Waals surface area contributed by atoms with E-state index in [0.29, 0.717) is 35.2 Å². The van der Waals surface area contributed by atoms with Gasteiger partial charge in [-0.2, -0.15) is 0 Å². The Labute approximate surface area is 195 Å². The van der Waals surface area contributed by atoms with Crippen LogP contribution in [-0.2, 0) is 9.59 Å². The molecule has 2 aromatic rings. The topological polar surface area (TPSA) is 59.1 Å². The first-order chi connectivity index (χ1) is 15.9. The van der Waals surface area contributed by atoms with E-state index < -0.39 is 0 Å². The number of amides is 2. The molecule has 0 aromatic heterocycles. The summed E-state index contributed by atoms with van der Waals surface area (Å²) in [6.45, 7) is 10.2. The zero-order valence-electron chi connectivity index (χ0n) is 19.8. The SMILES string of the molecule is CCOc1ccc(N2C(=O)C(c3ccc(OC(C)C)cc3)=C(N3CCC(C)CC3)C2=O)cc1. The lowest BCUT2D eigenvalue weighted by Crippen LogP contribution is -2.38. The average molecular weight is 449 g/mol. The molecular formula is C27H32N2O4. The summed E-state index contributed by atoms with van der Waals surface area (Å²) in [5, 5.41) is 0. The van der Waals surface area contributed by atoms with Crippen LogP contribution < -0.4 is 14.4 Å². The normalized spacial score (nSPS) is 17.4. The van der Waals surface area contributed by atoms with Crippen molar-refractivity contribution in [2.75, 3.05) is 24.6 Å². The molecule has 0 unspecified atom stereocenters. The number of benzene rings is 2. The highest BCUT2D eigenvalue weighted by Gasteiger charge is 2.43. The second-order valence-electron chi connectivity index (χ2n) is 8.96. The standard InChI is InChI=1S/C27H32N2O4/c1-5-32-22-12-8-21(9-13-22)29-26(30)24(20-6-10-23(11-7-20)33-18(2)3)25(27(29)31)28-16-14-19(4)15-17-28/h6-13,18-19H,5,14-17H2,1-4H3. The number of carbonyl (C=O) groups is 2. The number of likely N-dealkylation sites (tertiary alicyclic amines) is 1. The van der Waals surface area contributed by atoms with Gasteiger partial charge in [0.1, 0.15) is 17.2 Å².